The maximum Gasteiger partial charge on any atom is 0.343 e. The van der Waals surface area contributed by atoms with E-state index in [1.807, 2.05) is 60.7 Å². The van der Waals surface area contributed by atoms with E-state index in [0.29, 0.717) is 12.2 Å². The van der Waals surface area contributed by atoms with E-state index in [0.717, 1.165) is 11.1 Å². The summed E-state index contributed by atoms with van der Waals surface area (Å²) in [5.74, 6) is 0.337. The van der Waals surface area contributed by atoms with Crippen molar-refractivity contribution in [1.82, 2.24) is 0 Å². The molecule has 1 aromatic heterocycles. The van der Waals surface area contributed by atoms with Gasteiger partial charge in [0.05, 0.1) is 5.56 Å². The Kier molecular flexibility index (Phi) is 3.56. The highest BCUT2D eigenvalue weighted by Gasteiger charge is 2.12. The van der Waals surface area contributed by atoms with Gasteiger partial charge in [-0.15, -0.1) is 0 Å². The van der Waals surface area contributed by atoms with Gasteiger partial charge in [0.1, 0.15) is 11.5 Å². The summed E-state index contributed by atoms with van der Waals surface area (Å²) >= 11 is 0. The molecule has 0 aliphatic heterocycles. The maximum absolute atomic E-state index is 12.1. The van der Waals surface area contributed by atoms with Crippen LogP contribution in [0.4, 0.5) is 0 Å². The summed E-state index contributed by atoms with van der Waals surface area (Å²) in [5, 5.41) is 10.1. The Morgan fingerprint density at radius 3 is 2.14 bits per heavy atom. The molecule has 0 amide bonds. The molecule has 3 aromatic rings. The van der Waals surface area contributed by atoms with Crippen LogP contribution in [0.1, 0.15) is 11.1 Å². The van der Waals surface area contributed by atoms with Crippen LogP contribution >= 0.6 is 0 Å². The average molecular weight is 278 g/mol. The van der Waals surface area contributed by atoms with E-state index in [1.165, 1.54) is 6.07 Å². The molecule has 3 nitrogen and oxygen atoms in total. The van der Waals surface area contributed by atoms with Crippen LogP contribution in [0.25, 0.3) is 11.3 Å². The smallest absolute Gasteiger partial charge is 0.343 e. The van der Waals surface area contributed by atoms with Gasteiger partial charge in [0.25, 0.3) is 0 Å². The highest BCUT2D eigenvalue weighted by Crippen LogP contribution is 2.25. The normalized spacial score (nSPS) is 10.5. The number of hydrogen-bond donors (Lipinski definition) is 1. The average Bonchev–Trinajstić information content (AvgIpc) is 2.52. The van der Waals surface area contributed by atoms with Crippen molar-refractivity contribution in [2.24, 2.45) is 0 Å². The molecule has 0 radical (unpaired) electrons. The minimum Gasteiger partial charge on any atom is -0.507 e. The molecule has 21 heavy (non-hydrogen) atoms. The van der Waals surface area contributed by atoms with Crippen LogP contribution < -0.4 is 5.63 Å². The maximum atomic E-state index is 12.1. The van der Waals surface area contributed by atoms with Gasteiger partial charge in [-0.3, -0.25) is 0 Å². The zero-order valence-electron chi connectivity index (χ0n) is 11.3. The summed E-state index contributed by atoms with van der Waals surface area (Å²) in [6.07, 6.45) is 0.351. The second-order valence-corrected chi connectivity index (χ2v) is 4.79. The Balaban J connectivity index is 1.99. The third kappa shape index (κ3) is 2.87. The predicted molar refractivity (Wildman–Crippen MR) is 81.3 cm³/mol. The lowest BCUT2D eigenvalue weighted by Gasteiger charge is -2.06. The van der Waals surface area contributed by atoms with Crippen LogP contribution in [0, 0.1) is 0 Å². The van der Waals surface area contributed by atoms with E-state index in [9.17, 15) is 9.90 Å². The first-order valence-corrected chi connectivity index (χ1v) is 6.69. The minimum atomic E-state index is -0.502. The van der Waals surface area contributed by atoms with Gasteiger partial charge >= 0.3 is 5.63 Å². The predicted octanol–water partition coefficient (Wildman–Crippen LogP) is 3.60. The van der Waals surface area contributed by atoms with Crippen LogP contribution in [0.3, 0.4) is 0 Å². The van der Waals surface area contributed by atoms with E-state index >= 15 is 0 Å². The Labute approximate surface area is 122 Å². The van der Waals surface area contributed by atoms with Crippen molar-refractivity contribution in [3.8, 4) is 17.1 Å². The largest absolute Gasteiger partial charge is 0.507 e. The van der Waals surface area contributed by atoms with Crippen molar-refractivity contribution in [1.29, 1.82) is 0 Å². The van der Waals surface area contributed by atoms with Crippen LogP contribution in [-0.4, -0.2) is 5.11 Å². The minimum absolute atomic E-state index is 0.0334. The van der Waals surface area contributed by atoms with Crippen molar-refractivity contribution < 1.29 is 9.52 Å². The summed E-state index contributed by atoms with van der Waals surface area (Å²) in [7, 11) is 0. The van der Waals surface area contributed by atoms with E-state index in [1.54, 1.807) is 0 Å². The lowest BCUT2D eigenvalue weighted by Crippen LogP contribution is -2.08. The Morgan fingerprint density at radius 1 is 0.905 bits per heavy atom. The molecule has 0 saturated carbocycles. The molecule has 0 bridgehead atoms. The quantitative estimate of drug-likeness (QED) is 0.796. The molecule has 3 heteroatoms. The molecule has 2 aromatic carbocycles. The second-order valence-electron chi connectivity index (χ2n) is 4.79. The Hall–Kier alpha value is -2.81. The molecular formula is C18H14O3. The molecule has 0 aliphatic rings. The van der Waals surface area contributed by atoms with Crippen molar-refractivity contribution in [3.63, 3.8) is 0 Å². The molecular weight excluding hydrogens is 264 g/mol. The fourth-order valence-electron chi connectivity index (χ4n) is 2.21. The molecule has 0 atom stereocenters. The molecule has 0 fully saturated rings. The van der Waals surface area contributed by atoms with E-state index in [2.05, 4.69) is 0 Å². The molecule has 1 heterocycles. The zero-order valence-corrected chi connectivity index (χ0v) is 11.3. The lowest BCUT2D eigenvalue weighted by molar-refractivity contribution is 0.443. The van der Waals surface area contributed by atoms with Crippen molar-refractivity contribution in [2.45, 2.75) is 6.42 Å². The second kappa shape index (κ2) is 5.67. The third-order valence-electron chi connectivity index (χ3n) is 3.31. The van der Waals surface area contributed by atoms with Gasteiger partial charge < -0.3 is 9.52 Å². The van der Waals surface area contributed by atoms with Gasteiger partial charge in [0, 0.05) is 18.1 Å². The van der Waals surface area contributed by atoms with Gasteiger partial charge in [-0.2, -0.15) is 0 Å². The first-order valence-electron chi connectivity index (χ1n) is 6.69. The molecule has 0 aliphatic carbocycles. The standard InChI is InChI=1S/C18H14O3/c19-16-12-17(14-9-5-2-6-10-14)21-18(20)15(16)11-13-7-3-1-4-8-13/h1-10,12,19H,11H2. The summed E-state index contributed by atoms with van der Waals surface area (Å²) in [4.78, 5) is 12.1. The molecule has 0 saturated heterocycles. The van der Waals surface area contributed by atoms with Crippen molar-refractivity contribution >= 4 is 0 Å². The topological polar surface area (TPSA) is 50.4 Å². The monoisotopic (exact) mass is 278 g/mol. The Morgan fingerprint density at radius 2 is 1.52 bits per heavy atom. The molecule has 1 N–H and O–H groups in total. The van der Waals surface area contributed by atoms with E-state index < -0.39 is 5.63 Å². The number of aromatic hydroxyl groups is 1. The first-order chi connectivity index (χ1) is 10.2. The van der Waals surface area contributed by atoms with E-state index in [-0.39, 0.29) is 11.3 Å². The van der Waals surface area contributed by atoms with Gasteiger partial charge in [0.2, 0.25) is 0 Å². The fourth-order valence-corrected chi connectivity index (χ4v) is 2.21. The van der Waals surface area contributed by atoms with Gasteiger partial charge in [-0.25, -0.2) is 4.79 Å². The lowest BCUT2D eigenvalue weighted by atomic mass is 10.0. The first kappa shape index (κ1) is 13.2. The van der Waals surface area contributed by atoms with Crippen LogP contribution in [0.5, 0.6) is 5.75 Å². The van der Waals surface area contributed by atoms with Crippen molar-refractivity contribution in [3.05, 3.63) is 88.3 Å². The summed E-state index contributed by atoms with van der Waals surface area (Å²) < 4.78 is 5.33. The molecule has 0 unspecified atom stereocenters. The SMILES string of the molecule is O=c1oc(-c2ccccc2)cc(O)c1Cc1ccccc1. The van der Waals surface area contributed by atoms with Crippen LogP contribution in [-0.2, 0) is 6.42 Å². The van der Waals surface area contributed by atoms with Crippen LogP contribution in [0.15, 0.2) is 75.9 Å². The highest BCUT2D eigenvalue weighted by atomic mass is 16.4. The summed E-state index contributed by atoms with van der Waals surface area (Å²) in [6.45, 7) is 0. The van der Waals surface area contributed by atoms with Gasteiger partial charge in [-0.1, -0.05) is 60.7 Å². The molecule has 3 rings (SSSR count). The number of rotatable bonds is 3. The number of benzene rings is 2. The fraction of sp³-hybridized carbons (Fsp3) is 0.0556. The number of hydrogen-bond acceptors (Lipinski definition) is 3. The van der Waals surface area contributed by atoms with Gasteiger partial charge in [0.15, 0.2) is 0 Å². The highest BCUT2D eigenvalue weighted by molar-refractivity contribution is 5.59. The molecule has 104 valence electrons. The van der Waals surface area contributed by atoms with Crippen molar-refractivity contribution in [2.75, 3.05) is 0 Å². The summed E-state index contributed by atoms with van der Waals surface area (Å²) in [5.41, 5.74) is 1.49. The summed E-state index contributed by atoms with van der Waals surface area (Å²) in [6, 6.07) is 20.2. The molecule has 0 spiro atoms. The zero-order chi connectivity index (χ0) is 14.7. The van der Waals surface area contributed by atoms with E-state index in [4.69, 9.17) is 4.42 Å². The third-order valence-corrected chi connectivity index (χ3v) is 3.31. The van der Waals surface area contributed by atoms with Crippen LogP contribution in [0.2, 0.25) is 0 Å². The Bertz CT molecular complexity index is 790. The van der Waals surface area contributed by atoms with Gasteiger partial charge in [-0.05, 0) is 5.56 Å².